The summed E-state index contributed by atoms with van der Waals surface area (Å²) >= 11 is 0. The van der Waals surface area contributed by atoms with Crippen molar-refractivity contribution in [1.82, 2.24) is 10.6 Å². The van der Waals surface area contributed by atoms with Crippen LogP contribution >= 0.6 is 0 Å². The van der Waals surface area contributed by atoms with Crippen molar-refractivity contribution < 1.29 is 19.0 Å². The predicted octanol–water partition coefficient (Wildman–Crippen LogP) is 3.49. The van der Waals surface area contributed by atoms with Crippen LogP contribution in [0, 0.1) is 0 Å². The van der Waals surface area contributed by atoms with Crippen LogP contribution in [0.4, 0.5) is 4.79 Å². The number of ether oxygens (including phenoxy) is 3. The highest BCUT2D eigenvalue weighted by molar-refractivity contribution is 5.68. The van der Waals surface area contributed by atoms with E-state index < -0.39 is 5.60 Å². The predicted molar refractivity (Wildman–Crippen MR) is 99.3 cm³/mol. The highest BCUT2D eigenvalue weighted by Crippen LogP contribution is 2.30. The fourth-order valence-electron chi connectivity index (χ4n) is 2.52. The third-order valence-electron chi connectivity index (χ3n) is 3.55. The normalized spacial score (nSPS) is 12.4. The Morgan fingerprint density at radius 1 is 1.20 bits per heavy atom. The molecule has 0 aliphatic rings. The van der Waals surface area contributed by atoms with E-state index >= 15 is 0 Å². The van der Waals surface area contributed by atoms with E-state index in [1.807, 2.05) is 39.0 Å². The second-order valence-corrected chi connectivity index (χ2v) is 6.92. The molecule has 0 aliphatic carbocycles. The lowest BCUT2D eigenvalue weighted by Gasteiger charge is -2.24. The Labute approximate surface area is 151 Å². The summed E-state index contributed by atoms with van der Waals surface area (Å²) in [6.45, 7) is 8.93. The number of para-hydroxylation sites is 1. The van der Waals surface area contributed by atoms with Gasteiger partial charge >= 0.3 is 6.09 Å². The highest BCUT2D eigenvalue weighted by atomic mass is 16.6. The van der Waals surface area contributed by atoms with Crippen molar-refractivity contribution in [3.63, 3.8) is 0 Å². The highest BCUT2D eigenvalue weighted by Gasteiger charge is 2.19. The molecule has 2 N–H and O–H groups in total. The van der Waals surface area contributed by atoms with E-state index in [9.17, 15) is 4.79 Å². The van der Waals surface area contributed by atoms with E-state index in [0.717, 1.165) is 24.2 Å². The van der Waals surface area contributed by atoms with Gasteiger partial charge in [-0.3, -0.25) is 0 Å². The minimum absolute atomic E-state index is 0.0106. The first-order valence-electron chi connectivity index (χ1n) is 8.70. The van der Waals surface area contributed by atoms with Gasteiger partial charge in [0.05, 0.1) is 14.2 Å². The number of hydrogen-bond acceptors (Lipinski definition) is 5. The molecule has 0 aliphatic heterocycles. The van der Waals surface area contributed by atoms with E-state index in [4.69, 9.17) is 14.2 Å². The number of rotatable bonds is 9. The summed E-state index contributed by atoms with van der Waals surface area (Å²) in [5.41, 5.74) is 0.511. The Morgan fingerprint density at radius 3 is 2.48 bits per heavy atom. The summed E-state index contributed by atoms with van der Waals surface area (Å²) in [5, 5.41) is 6.31. The van der Waals surface area contributed by atoms with Gasteiger partial charge in [0.1, 0.15) is 5.60 Å². The second-order valence-electron chi connectivity index (χ2n) is 6.92. The summed E-state index contributed by atoms with van der Waals surface area (Å²) in [5.74, 6) is 1.43. The van der Waals surface area contributed by atoms with Gasteiger partial charge in [-0.15, -0.1) is 0 Å². The van der Waals surface area contributed by atoms with E-state index in [0.29, 0.717) is 18.8 Å². The number of methoxy groups -OCH3 is 2. The van der Waals surface area contributed by atoms with Crippen LogP contribution in [0.25, 0.3) is 0 Å². The molecule has 0 saturated heterocycles. The number of alkyl carbamates (subject to hydrolysis) is 1. The van der Waals surface area contributed by atoms with Gasteiger partial charge in [-0.05, 0) is 33.3 Å². The Balaban J connectivity index is 2.60. The summed E-state index contributed by atoms with van der Waals surface area (Å²) in [6, 6.07) is 5.80. The van der Waals surface area contributed by atoms with Crippen molar-refractivity contribution >= 4 is 6.09 Å². The average Bonchev–Trinajstić information content (AvgIpc) is 2.52. The van der Waals surface area contributed by atoms with E-state index in [-0.39, 0.29) is 12.1 Å². The lowest BCUT2D eigenvalue weighted by atomic mass is 10.1. The van der Waals surface area contributed by atoms with Gasteiger partial charge < -0.3 is 24.8 Å². The second kappa shape index (κ2) is 10.1. The number of nitrogens with one attached hydrogen (secondary N) is 2. The first-order chi connectivity index (χ1) is 11.8. The quantitative estimate of drug-likeness (QED) is 0.712. The maximum atomic E-state index is 12.0. The zero-order valence-electron chi connectivity index (χ0n) is 16.3. The first kappa shape index (κ1) is 21.1. The first-order valence-corrected chi connectivity index (χ1v) is 8.70. The molecule has 6 nitrogen and oxygen atoms in total. The lowest BCUT2D eigenvalue weighted by molar-refractivity contribution is 0.0501. The monoisotopic (exact) mass is 352 g/mol. The smallest absolute Gasteiger partial charge is 0.407 e. The van der Waals surface area contributed by atoms with Gasteiger partial charge in [0.2, 0.25) is 0 Å². The van der Waals surface area contributed by atoms with Crippen molar-refractivity contribution in [3.05, 3.63) is 23.8 Å². The molecule has 0 heterocycles. The maximum Gasteiger partial charge on any atom is 0.407 e. The van der Waals surface area contributed by atoms with Gasteiger partial charge in [0, 0.05) is 24.7 Å². The molecule has 25 heavy (non-hydrogen) atoms. The number of amides is 1. The summed E-state index contributed by atoms with van der Waals surface area (Å²) in [4.78, 5) is 12.0. The third-order valence-corrected chi connectivity index (χ3v) is 3.55. The fraction of sp³-hybridized carbons (Fsp3) is 0.632. The zero-order chi connectivity index (χ0) is 18.9. The van der Waals surface area contributed by atoms with Crippen LogP contribution < -0.4 is 20.1 Å². The van der Waals surface area contributed by atoms with E-state index in [1.165, 1.54) is 0 Å². The van der Waals surface area contributed by atoms with Crippen LogP contribution in [-0.4, -0.2) is 38.5 Å². The van der Waals surface area contributed by atoms with Gasteiger partial charge in [0.25, 0.3) is 0 Å². The summed E-state index contributed by atoms with van der Waals surface area (Å²) < 4.78 is 16.1. The SMILES string of the molecule is CCCC(CNCc1cccc(OC)c1OC)NC(=O)OC(C)(C)C. The molecular formula is C19H32N2O4. The van der Waals surface area contributed by atoms with Crippen LogP contribution in [0.15, 0.2) is 18.2 Å². The van der Waals surface area contributed by atoms with Crippen LogP contribution in [0.3, 0.4) is 0 Å². The molecule has 1 rings (SSSR count). The standard InChI is InChI=1S/C19H32N2O4/c1-7-9-15(21-18(22)25-19(2,3)4)13-20-12-14-10-8-11-16(23-5)17(14)24-6/h8,10-11,15,20H,7,9,12-13H2,1-6H3,(H,21,22). The molecule has 0 radical (unpaired) electrons. The van der Waals surface area contributed by atoms with Crippen LogP contribution in [0.2, 0.25) is 0 Å². The number of carbonyl (C=O) groups is 1. The van der Waals surface area contributed by atoms with Crippen molar-refractivity contribution in [3.8, 4) is 11.5 Å². The van der Waals surface area contributed by atoms with E-state index in [2.05, 4.69) is 17.6 Å². The summed E-state index contributed by atoms with van der Waals surface area (Å²) in [7, 11) is 3.25. The topological polar surface area (TPSA) is 68.8 Å². The zero-order valence-corrected chi connectivity index (χ0v) is 16.3. The van der Waals surface area contributed by atoms with Crippen molar-refractivity contribution in [2.24, 2.45) is 0 Å². The molecule has 6 heteroatoms. The number of hydrogen-bond donors (Lipinski definition) is 2. The molecule has 1 aromatic rings. The average molecular weight is 352 g/mol. The molecule has 0 saturated carbocycles. The molecule has 0 fully saturated rings. The third kappa shape index (κ3) is 7.65. The molecule has 1 amide bonds. The molecule has 142 valence electrons. The molecule has 1 aromatic carbocycles. The van der Waals surface area contributed by atoms with Gasteiger partial charge in [-0.1, -0.05) is 25.5 Å². The maximum absolute atomic E-state index is 12.0. The molecule has 1 atom stereocenters. The summed E-state index contributed by atoms with van der Waals surface area (Å²) in [6.07, 6.45) is 1.47. The van der Waals surface area contributed by atoms with Gasteiger partial charge in [0.15, 0.2) is 11.5 Å². The Kier molecular flexibility index (Phi) is 8.55. The Bertz CT molecular complexity index is 541. The van der Waals surface area contributed by atoms with Crippen LogP contribution in [-0.2, 0) is 11.3 Å². The van der Waals surface area contributed by atoms with Gasteiger partial charge in [-0.25, -0.2) is 4.79 Å². The molecule has 0 bridgehead atoms. The van der Waals surface area contributed by atoms with Gasteiger partial charge in [-0.2, -0.15) is 0 Å². The number of carbonyl (C=O) groups excluding carboxylic acids is 1. The lowest BCUT2D eigenvalue weighted by Crippen LogP contribution is -2.44. The Morgan fingerprint density at radius 2 is 1.92 bits per heavy atom. The fourth-order valence-corrected chi connectivity index (χ4v) is 2.52. The van der Waals surface area contributed by atoms with Crippen LogP contribution in [0.5, 0.6) is 11.5 Å². The largest absolute Gasteiger partial charge is 0.493 e. The van der Waals surface area contributed by atoms with Crippen molar-refractivity contribution in [1.29, 1.82) is 0 Å². The van der Waals surface area contributed by atoms with Crippen molar-refractivity contribution in [2.75, 3.05) is 20.8 Å². The van der Waals surface area contributed by atoms with Crippen molar-refractivity contribution in [2.45, 2.75) is 58.7 Å². The number of benzene rings is 1. The molecular weight excluding hydrogens is 320 g/mol. The molecule has 0 aromatic heterocycles. The molecule has 0 spiro atoms. The van der Waals surface area contributed by atoms with E-state index in [1.54, 1.807) is 14.2 Å². The Hall–Kier alpha value is -1.95. The minimum atomic E-state index is -0.498. The minimum Gasteiger partial charge on any atom is -0.493 e. The molecule has 1 unspecified atom stereocenters. The van der Waals surface area contributed by atoms with Crippen LogP contribution in [0.1, 0.15) is 46.1 Å².